The Bertz CT molecular complexity index is 993. The molecule has 0 bridgehead atoms. The van der Waals surface area contributed by atoms with E-state index in [1.807, 2.05) is 75.6 Å². The molecule has 1 N–H and O–H groups in total. The van der Waals surface area contributed by atoms with E-state index in [4.69, 9.17) is 4.74 Å². The second kappa shape index (κ2) is 9.31. The SMILES string of the molecule is Cc1cc(C(=O)COC(=O)C2(CC(=O)NC(C)(C)C)CCCC2)c(C)n1-c1ccccc1. The van der Waals surface area contributed by atoms with Crippen LogP contribution in [-0.4, -0.2) is 34.4 Å². The third kappa shape index (κ3) is 5.29. The molecule has 6 heteroatoms. The number of amides is 1. The monoisotopic (exact) mass is 438 g/mol. The van der Waals surface area contributed by atoms with Crippen LogP contribution in [0.1, 0.15) is 74.6 Å². The molecule has 1 amide bonds. The number of aromatic nitrogens is 1. The Balaban J connectivity index is 1.70. The van der Waals surface area contributed by atoms with Crippen LogP contribution < -0.4 is 5.32 Å². The molecule has 0 radical (unpaired) electrons. The van der Waals surface area contributed by atoms with Crippen molar-refractivity contribution in [2.45, 2.75) is 72.3 Å². The number of ether oxygens (including phenoxy) is 1. The number of nitrogens with zero attached hydrogens (tertiary/aromatic N) is 1. The number of nitrogens with one attached hydrogen (secondary N) is 1. The summed E-state index contributed by atoms with van der Waals surface area (Å²) >= 11 is 0. The second-order valence-corrected chi connectivity index (χ2v) is 9.92. The van der Waals surface area contributed by atoms with Gasteiger partial charge in [0.15, 0.2) is 6.61 Å². The number of Topliss-reactive ketones (excluding diaryl/α,β-unsaturated/α-hetero) is 1. The molecule has 0 unspecified atom stereocenters. The van der Waals surface area contributed by atoms with Gasteiger partial charge < -0.3 is 14.6 Å². The lowest BCUT2D eigenvalue weighted by Crippen LogP contribution is -2.44. The topological polar surface area (TPSA) is 77.4 Å². The predicted molar refractivity (Wildman–Crippen MR) is 124 cm³/mol. The van der Waals surface area contributed by atoms with E-state index in [1.165, 1.54) is 0 Å². The van der Waals surface area contributed by atoms with Gasteiger partial charge in [-0.15, -0.1) is 0 Å². The minimum Gasteiger partial charge on any atom is -0.457 e. The van der Waals surface area contributed by atoms with Crippen molar-refractivity contribution in [1.82, 2.24) is 9.88 Å². The average molecular weight is 439 g/mol. The highest BCUT2D eigenvalue weighted by Gasteiger charge is 2.44. The van der Waals surface area contributed by atoms with Gasteiger partial charge >= 0.3 is 5.97 Å². The largest absolute Gasteiger partial charge is 0.457 e. The van der Waals surface area contributed by atoms with Gasteiger partial charge in [0.05, 0.1) is 5.41 Å². The number of para-hydroxylation sites is 1. The molecule has 1 aliphatic rings. The fourth-order valence-corrected chi connectivity index (χ4v) is 4.66. The first kappa shape index (κ1) is 23.8. The van der Waals surface area contributed by atoms with Gasteiger partial charge in [-0.05, 0) is 65.7 Å². The minimum absolute atomic E-state index is 0.0970. The van der Waals surface area contributed by atoms with Crippen molar-refractivity contribution in [2.24, 2.45) is 5.41 Å². The summed E-state index contributed by atoms with van der Waals surface area (Å²) in [6, 6.07) is 11.7. The first-order chi connectivity index (χ1) is 15.0. The van der Waals surface area contributed by atoms with Gasteiger partial charge in [0.1, 0.15) is 0 Å². The molecular formula is C26H34N2O4. The summed E-state index contributed by atoms with van der Waals surface area (Å²) in [7, 11) is 0. The summed E-state index contributed by atoms with van der Waals surface area (Å²) in [6.07, 6.45) is 3.08. The number of esters is 1. The maximum absolute atomic E-state index is 13.0. The number of aryl methyl sites for hydroxylation is 1. The van der Waals surface area contributed by atoms with Crippen LogP contribution >= 0.6 is 0 Å². The number of hydrogen-bond acceptors (Lipinski definition) is 4. The van der Waals surface area contributed by atoms with Gasteiger partial charge in [0.2, 0.25) is 11.7 Å². The maximum Gasteiger partial charge on any atom is 0.313 e. The molecule has 1 aromatic carbocycles. The van der Waals surface area contributed by atoms with Gasteiger partial charge in [-0.1, -0.05) is 31.0 Å². The number of carbonyl (C=O) groups excluding carboxylic acids is 3. The standard InChI is InChI=1S/C26H34N2O4/c1-18-15-21(19(2)28(18)20-11-7-6-8-12-20)22(29)17-32-24(31)26(13-9-10-14-26)16-23(30)27-25(3,4)5/h6-8,11-12,15H,9-10,13-14,16-17H2,1-5H3,(H,27,30). The molecular weight excluding hydrogens is 404 g/mol. The van der Waals surface area contributed by atoms with Gasteiger partial charge in [0.25, 0.3) is 0 Å². The quantitative estimate of drug-likeness (QED) is 0.503. The number of rotatable bonds is 7. The Kier molecular flexibility index (Phi) is 6.91. The molecule has 172 valence electrons. The van der Waals surface area contributed by atoms with Crippen LogP contribution in [-0.2, 0) is 14.3 Å². The Hall–Kier alpha value is -2.89. The normalized spacial score (nSPS) is 15.4. The van der Waals surface area contributed by atoms with Crippen molar-refractivity contribution in [1.29, 1.82) is 0 Å². The molecule has 3 rings (SSSR count). The Morgan fingerprint density at radius 3 is 2.28 bits per heavy atom. The van der Waals surface area contributed by atoms with E-state index >= 15 is 0 Å². The van der Waals surface area contributed by atoms with Crippen LogP contribution in [0.15, 0.2) is 36.4 Å². The first-order valence-electron chi connectivity index (χ1n) is 11.3. The van der Waals surface area contributed by atoms with Crippen LogP contribution in [0.2, 0.25) is 0 Å². The van der Waals surface area contributed by atoms with Crippen LogP contribution in [0.3, 0.4) is 0 Å². The van der Waals surface area contributed by atoms with Crippen molar-refractivity contribution in [3.8, 4) is 5.69 Å². The highest BCUT2D eigenvalue weighted by Crippen LogP contribution is 2.42. The van der Waals surface area contributed by atoms with Crippen LogP contribution in [0.25, 0.3) is 5.69 Å². The highest BCUT2D eigenvalue weighted by atomic mass is 16.5. The number of carbonyl (C=O) groups is 3. The molecule has 1 saturated carbocycles. The van der Waals surface area contributed by atoms with Crippen molar-refractivity contribution in [3.63, 3.8) is 0 Å². The first-order valence-corrected chi connectivity index (χ1v) is 11.3. The summed E-state index contributed by atoms with van der Waals surface area (Å²) in [5.74, 6) is -0.834. The molecule has 0 atom stereocenters. The maximum atomic E-state index is 13.0. The molecule has 1 aliphatic carbocycles. The van der Waals surface area contributed by atoms with E-state index in [0.29, 0.717) is 18.4 Å². The molecule has 1 aromatic heterocycles. The van der Waals surface area contributed by atoms with Gasteiger partial charge in [0, 0.05) is 34.6 Å². The van der Waals surface area contributed by atoms with Crippen LogP contribution in [0.5, 0.6) is 0 Å². The van der Waals surface area contributed by atoms with Crippen LogP contribution in [0.4, 0.5) is 0 Å². The van der Waals surface area contributed by atoms with E-state index in [9.17, 15) is 14.4 Å². The fraction of sp³-hybridized carbons (Fsp3) is 0.500. The molecule has 0 saturated heterocycles. The van der Waals surface area contributed by atoms with E-state index < -0.39 is 11.4 Å². The second-order valence-electron chi connectivity index (χ2n) is 9.92. The fourth-order valence-electron chi connectivity index (χ4n) is 4.66. The van der Waals surface area contributed by atoms with E-state index in [1.54, 1.807) is 0 Å². The average Bonchev–Trinajstić information content (AvgIpc) is 3.30. The molecule has 0 aliphatic heterocycles. The smallest absolute Gasteiger partial charge is 0.313 e. The molecule has 6 nitrogen and oxygen atoms in total. The zero-order chi connectivity index (χ0) is 23.5. The van der Waals surface area contributed by atoms with Crippen molar-refractivity contribution >= 4 is 17.7 Å². The van der Waals surface area contributed by atoms with Gasteiger partial charge in [-0.3, -0.25) is 14.4 Å². The van der Waals surface area contributed by atoms with E-state index in [0.717, 1.165) is 29.9 Å². The lowest BCUT2D eigenvalue weighted by atomic mass is 9.82. The summed E-state index contributed by atoms with van der Waals surface area (Å²) in [5, 5.41) is 2.93. The number of ketones is 1. The zero-order valence-electron chi connectivity index (χ0n) is 19.8. The third-order valence-corrected chi connectivity index (χ3v) is 6.09. The van der Waals surface area contributed by atoms with Crippen molar-refractivity contribution < 1.29 is 19.1 Å². The van der Waals surface area contributed by atoms with Crippen molar-refractivity contribution in [2.75, 3.05) is 6.61 Å². The lowest BCUT2D eigenvalue weighted by molar-refractivity contribution is -0.157. The minimum atomic E-state index is -0.837. The number of hydrogen-bond donors (Lipinski definition) is 1. The van der Waals surface area contributed by atoms with Gasteiger partial charge in [-0.25, -0.2) is 0 Å². The summed E-state index contributed by atoms with van der Waals surface area (Å²) in [5.41, 5.74) is 2.08. The molecule has 1 fully saturated rings. The van der Waals surface area contributed by atoms with Crippen LogP contribution in [0, 0.1) is 19.3 Å². The molecule has 32 heavy (non-hydrogen) atoms. The molecule has 1 heterocycles. The zero-order valence-corrected chi connectivity index (χ0v) is 19.8. The molecule has 2 aromatic rings. The number of benzene rings is 1. The predicted octanol–water partition coefficient (Wildman–Crippen LogP) is 4.69. The highest BCUT2D eigenvalue weighted by molar-refractivity contribution is 6.00. The molecule has 0 spiro atoms. The summed E-state index contributed by atoms with van der Waals surface area (Å²) < 4.78 is 7.53. The van der Waals surface area contributed by atoms with E-state index in [2.05, 4.69) is 5.32 Å². The Labute approximate surface area is 190 Å². The third-order valence-electron chi connectivity index (χ3n) is 6.09. The Morgan fingerprint density at radius 1 is 1.06 bits per heavy atom. The lowest BCUT2D eigenvalue weighted by Gasteiger charge is -2.28. The van der Waals surface area contributed by atoms with E-state index in [-0.39, 0.29) is 30.3 Å². The summed E-state index contributed by atoms with van der Waals surface area (Å²) in [4.78, 5) is 38.5. The Morgan fingerprint density at radius 2 is 1.69 bits per heavy atom. The van der Waals surface area contributed by atoms with Gasteiger partial charge in [-0.2, -0.15) is 0 Å². The summed E-state index contributed by atoms with van der Waals surface area (Å²) in [6.45, 7) is 9.26. The van der Waals surface area contributed by atoms with Crippen molar-refractivity contribution in [3.05, 3.63) is 53.3 Å².